The number of hydrogen-bond acceptors (Lipinski definition) is 2. The van der Waals surface area contributed by atoms with E-state index in [-0.39, 0.29) is 0 Å². The summed E-state index contributed by atoms with van der Waals surface area (Å²) in [5, 5.41) is 0.735. The smallest absolute Gasteiger partial charge is 0.113 e. The number of aromatic nitrogens is 1. The summed E-state index contributed by atoms with van der Waals surface area (Å²) in [4.78, 5) is 7.28. The summed E-state index contributed by atoms with van der Waals surface area (Å²) in [7, 11) is 0. The van der Waals surface area contributed by atoms with Crippen LogP contribution in [0.4, 0.5) is 0 Å². The quantitative estimate of drug-likeness (QED) is 0.336. The third-order valence-electron chi connectivity index (χ3n) is 6.68. The fourth-order valence-electron chi connectivity index (χ4n) is 4.55. The molecule has 2 saturated carbocycles. The van der Waals surface area contributed by atoms with E-state index in [0.717, 1.165) is 39.5 Å². The molecule has 2 fully saturated rings. The lowest BCUT2D eigenvalue weighted by Gasteiger charge is -2.24. The number of pyridine rings is 1. The molecule has 0 saturated heterocycles. The first-order valence-electron chi connectivity index (χ1n) is 12.3. The Bertz CT molecular complexity index is 1190. The van der Waals surface area contributed by atoms with Gasteiger partial charge in [0, 0.05) is 41.0 Å². The van der Waals surface area contributed by atoms with Crippen LogP contribution in [0.15, 0.2) is 72.9 Å². The van der Waals surface area contributed by atoms with Crippen LogP contribution in [-0.2, 0) is 0 Å². The Morgan fingerprint density at radius 2 is 1.59 bits per heavy atom. The summed E-state index contributed by atoms with van der Waals surface area (Å²) in [5.74, 6) is 7.00. The molecule has 2 aliphatic rings. The summed E-state index contributed by atoms with van der Waals surface area (Å²) in [6.07, 6.45) is 9.89. The van der Waals surface area contributed by atoms with Gasteiger partial charge in [-0.2, -0.15) is 0 Å². The van der Waals surface area contributed by atoms with Gasteiger partial charge in [0.1, 0.15) is 5.69 Å². The minimum absolute atomic E-state index is 0.572. The van der Waals surface area contributed by atoms with Crippen molar-refractivity contribution < 1.29 is 0 Å². The van der Waals surface area contributed by atoms with Crippen molar-refractivity contribution in [3.05, 3.63) is 94.8 Å². The third-order valence-corrected chi connectivity index (χ3v) is 6.93. The predicted octanol–water partition coefficient (Wildman–Crippen LogP) is 7.47. The van der Waals surface area contributed by atoms with Gasteiger partial charge in [0.25, 0.3) is 0 Å². The van der Waals surface area contributed by atoms with E-state index in [0.29, 0.717) is 5.92 Å². The fourth-order valence-corrected chi connectivity index (χ4v) is 4.68. The van der Waals surface area contributed by atoms with E-state index in [2.05, 4.69) is 65.9 Å². The highest BCUT2D eigenvalue weighted by atomic mass is 35.5. The SMILES string of the molecule is C/C(=C\[C@H](C)CN(C1CC1)C1CC1)c1ccc(C#Cc2ccc(-c3ccc(Cl)cc3)cn2)cc1. The van der Waals surface area contributed by atoms with Crippen LogP contribution in [0.25, 0.3) is 16.7 Å². The van der Waals surface area contributed by atoms with Crippen molar-refractivity contribution in [2.45, 2.75) is 51.6 Å². The van der Waals surface area contributed by atoms with E-state index in [1.165, 1.54) is 43.4 Å². The summed E-state index contributed by atoms with van der Waals surface area (Å²) in [6, 6.07) is 22.1. The number of hydrogen-bond donors (Lipinski definition) is 0. The van der Waals surface area contributed by atoms with Crippen LogP contribution in [0.1, 0.15) is 56.4 Å². The van der Waals surface area contributed by atoms with Gasteiger partial charge in [0.05, 0.1) is 0 Å². The molecule has 3 heteroatoms. The standard InChI is InChI=1S/C31H31ClN2/c1-22(21-34(30-15-16-30)31-17-18-31)19-23(2)25-6-3-24(4-7-25)5-13-29-14-10-27(20-33-29)26-8-11-28(32)12-9-26/h3-4,6-12,14,19-20,22,30-31H,15-18,21H2,1-2H3/b23-19+/t22-/m0/s1. The van der Waals surface area contributed by atoms with Crippen LogP contribution in [0, 0.1) is 17.8 Å². The maximum absolute atomic E-state index is 5.98. The summed E-state index contributed by atoms with van der Waals surface area (Å²) in [6.45, 7) is 5.77. The van der Waals surface area contributed by atoms with Crippen molar-refractivity contribution in [2.75, 3.05) is 6.54 Å². The second-order valence-corrected chi connectivity index (χ2v) is 10.2. The summed E-state index contributed by atoms with van der Waals surface area (Å²) >= 11 is 5.98. The van der Waals surface area contributed by atoms with E-state index in [1.807, 2.05) is 42.6 Å². The van der Waals surface area contributed by atoms with E-state index in [4.69, 9.17) is 11.6 Å². The first-order chi connectivity index (χ1) is 16.5. The highest BCUT2D eigenvalue weighted by Gasteiger charge is 2.39. The van der Waals surface area contributed by atoms with E-state index < -0.39 is 0 Å². The summed E-state index contributed by atoms with van der Waals surface area (Å²) < 4.78 is 0. The molecule has 1 heterocycles. The normalized spacial score (nSPS) is 16.8. The van der Waals surface area contributed by atoms with Gasteiger partial charge in [-0.3, -0.25) is 4.90 Å². The molecular weight excluding hydrogens is 436 g/mol. The van der Waals surface area contributed by atoms with Crippen LogP contribution in [0.2, 0.25) is 5.02 Å². The maximum atomic E-state index is 5.98. The van der Waals surface area contributed by atoms with Crippen LogP contribution < -0.4 is 0 Å². The van der Waals surface area contributed by atoms with Gasteiger partial charge in [-0.25, -0.2) is 4.98 Å². The molecule has 1 atom stereocenters. The van der Waals surface area contributed by atoms with Gasteiger partial charge in [-0.1, -0.05) is 60.9 Å². The molecule has 0 bridgehead atoms. The molecule has 1 aromatic heterocycles. The Morgan fingerprint density at radius 1 is 0.941 bits per heavy atom. The van der Waals surface area contributed by atoms with Crippen LogP contribution in [0.3, 0.4) is 0 Å². The number of allylic oxidation sites excluding steroid dienone is 1. The molecule has 2 aliphatic carbocycles. The maximum Gasteiger partial charge on any atom is 0.113 e. The first-order valence-corrected chi connectivity index (χ1v) is 12.7. The molecule has 3 aromatic rings. The van der Waals surface area contributed by atoms with Gasteiger partial charge >= 0.3 is 0 Å². The van der Waals surface area contributed by atoms with Gasteiger partial charge < -0.3 is 0 Å². The van der Waals surface area contributed by atoms with Crippen molar-refractivity contribution in [2.24, 2.45) is 5.92 Å². The van der Waals surface area contributed by atoms with E-state index >= 15 is 0 Å². The molecule has 0 aliphatic heterocycles. The molecule has 5 rings (SSSR count). The van der Waals surface area contributed by atoms with Crippen molar-refractivity contribution in [1.29, 1.82) is 0 Å². The Morgan fingerprint density at radius 3 is 2.18 bits per heavy atom. The number of halogens is 1. The lowest BCUT2D eigenvalue weighted by atomic mass is 10.0. The van der Waals surface area contributed by atoms with Crippen LogP contribution >= 0.6 is 11.6 Å². The lowest BCUT2D eigenvalue weighted by Crippen LogP contribution is -2.32. The van der Waals surface area contributed by atoms with Crippen molar-refractivity contribution in [1.82, 2.24) is 9.88 Å². The minimum atomic E-state index is 0.572. The Kier molecular flexibility index (Phi) is 6.86. The van der Waals surface area contributed by atoms with Crippen molar-refractivity contribution >= 4 is 17.2 Å². The molecule has 34 heavy (non-hydrogen) atoms. The van der Waals surface area contributed by atoms with Crippen molar-refractivity contribution in [3.8, 4) is 23.0 Å². The van der Waals surface area contributed by atoms with Gasteiger partial charge in [0.2, 0.25) is 0 Å². The van der Waals surface area contributed by atoms with E-state index in [1.54, 1.807) is 0 Å². The summed E-state index contributed by atoms with van der Waals surface area (Å²) in [5.41, 5.74) is 6.53. The molecule has 2 nitrogen and oxygen atoms in total. The zero-order valence-corrected chi connectivity index (χ0v) is 20.7. The molecule has 0 N–H and O–H groups in total. The Hall–Kier alpha value is -2.86. The van der Waals surface area contributed by atoms with Crippen LogP contribution in [-0.4, -0.2) is 28.5 Å². The van der Waals surface area contributed by atoms with Crippen molar-refractivity contribution in [3.63, 3.8) is 0 Å². The lowest BCUT2D eigenvalue weighted by molar-refractivity contribution is 0.233. The van der Waals surface area contributed by atoms with E-state index in [9.17, 15) is 0 Å². The van der Waals surface area contributed by atoms with Gasteiger partial charge in [-0.05, 0) is 91.5 Å². The second-order valence-electron chi connectivity index (χ2n) is 9.75. The molecule has 2 aromatic carbocycles. The first kappa shape index (κ1) is 22.9. The molecule has 0 radical (unpaired) electrons. The molecular formula is C31H31ClN2. The second kappa shape index (κ2) is 10.2. The highest BCUT2D eigenvalue weighted by molar-refractivity contribution is 6.30. The zero-order chi connectivity index (χ0) is 23.5. The average molecular weight is 467 g/mol. The Balaban J connectivity index is 1.20. The fraction of sp³-hybridized carbons (Fsp3) is 0.323. The predicted molar refractivity (Wildman–Crippen MR) is 143 cm³/mol. The largest absolute Gasteiger partial charge is 0.297 e. The Labute approximate surface area is 208 Å². The molecule has 0 unspecified atom stereocenters. The molecule has 0 amide bonds. The minimum Gasteiger partial charge on any atom is -0.297 e. The monoisotopic (exact) mass is 466 g/mol. The highest BCUT2D eigenvalue weighted by Crippen LogP contribution is 2.38. The number of benzene rings is 2. The third kappa shape index (κ3) is 5.98. The van der Waals surface area contributed by atoms with Gasteiger partial charge in [0.15, 0.2) is 0 Å². The molecule has 0 spiro atoms. The topological polar surface area (TPSA) is 16.1 Å². The average Bonchev–Trinajstić information content (AvgIpc) is 3.77. The molecule has 172 valence electrons. The van der Waals surface area contributed by atoms with Crippen LogP contribution in [0.5, 0.6) is 0 Å². The number of rotatable bonds is 7. The zero-order valence-electron chi connectivity index (χ0n) is 20.0. The number of nitrogens with zero attached hydrogens (tertiary/aromatic N) is 2. The van der Waals surface area contributed by atoms with Gasteiger partial charge in [-0.15, -0.1) is 0 Å².